The lowest BCUT2D eigenvalue weighted by molar-refractivity contribution is 0.660. The summed E-state index contributed by atoms with van der Waals surface area (Å²) < 4.78 is 7.03. The normalized spacial score (nSPS) is 14.1. The van der Waals surface area contributed by atoms with Gasteiger partial charge < -0.3 is 4.42 Å². The van der Waals surface area contributed by atoms with E-state index in [0.717, 1.165) is 71.8 Å². The second-order valence-corrected chi connectivity index (χ2v) is 18.1. The van der Waals surface area contributed by atoms with Crippen LogP contribution in [0.4, 0.5) is 0 Å². The number of hydrogen-bond donors (Lipinski definition) is 0. The van der Waals surface area contributed by atoms with Crippen molar-refractivity contribution in [1.29, 1.82) is 0 Å². The molecular formula is C57H39B2N3O. The van der Waals surface area contributed by atoms with Gasteiger partial charge in [-0.2, -0.15) is 0 Å². The van der Waals surface area contributed by atoms with Gasteiger partial charge in [0.2, 0.25) is 0 Å². The fourth-order valence-electron chi connectivity index (χ4n) is 10.3. The summed E-state index contributed by atoms with van der Waals surface area (Å²) in [5, 5.41) is 1.94. The Labute approximate surface area is 369 Å². The molecule has 0 fully saturated rings. The highest BCUT2D eigenvalue weighted by Crippen LogP contribution is 2.52. The summed E-state index contributed by atoms with van der Waals surface area (Å²) in [6, 6.07) is 57.3. The molecule has 2 aliphatic rings. The number of nitrogens with zero attached hydrogens (tertiary/aromatic N) is 3. The Morgan fingerprint density at radius 2 is 0.873 bits per heavy atom. The summed E-state index contributed by atoms with van der Waals surface area (Å²) in [7, 11) is 12.7. The van der Waals surface area contributed by atoms with E-state index in [-0.39, 0.29) is 10.8 Å². The first kappa shape index (κ1) is 37.5. The van der Waals surface area contributed by atoms with E-state index in [1.165, 1.54) is 44.5 Å². The Balaban J connectivity index is 1.11. The van der Waals surface area contributed by atoms with E-state index in [0.29, 0.717) is 17.5 Å². The average Bonchev–Trinajstić information content (AvgIpc) is 3.88. The number of benzene rings is 8. The van der Waals surface area contributed by atoms with Crippen molar-refractivity contribution in [3.05, 3.63) is 186 Å². The van der Waals surface area contributed by atoms with Gasteiger partial charge in [-0.25, -0.2) is 15.0 Å². The van der Waals surface area contributed by atoms with Gasteiger partial charge in [-0.05, 0) is 91.5 Å². The standard InChI is InChI=1S/C57H39B2N3O/c1-56(2)46-28-34(18-22-39(46)41-24-20-37(58)30-48(41)56)36-26-44(35-19-23-40-42-25-21-38(59)31-49(42)57(3,4)47(40)29-35)52-45(27-36)51-43(16-11-17-50(51)63-52)55-61-53(32-12-7-5-8-13-32)60-54(62-55)33-14-9-6-10-15-33/h5-31H,1-4H3. The molecule has 0 N–H and O–H groups in total. The molecule has 10 aromatic rings. The minimum Gasteiger partial charge on any atom is -0.455 e. The zero-order valence-corrected chi connectivity index (χ0v) is 35.5. The lowest BCUT2D eigenvalue weighted by Gasteiger charge is -2.23. The van der Waals surface area contributed by atoms with Crippen LogP contribution in [0.5, 0.6) is 0 Å². The third-order valence-electron chi connectivity index (χ3n) is 13.6. The molecule has 8 aromatic carbocycles. The second-order valence-electron chi connectivity index (χ2n) is 18.1. The molecule has 294 valence electrons. The van der Waals surface area contributed by atoms with Crippen molar-refractivity contribution in [2.24, 2.45) is 0 Å². The highest BCUT2D eigenvalue weighted by molar-refractivity contribution is 6.33. The summed E-state index contributed by atoms with van der Waals surface area (Å²) in [6.07, 6.45) is 0. The SMILES string of the molecule is [B]c1ccc2c(c1)C(C)(C)c1cc(-c3cc(-c4ccc5c(c4)C(C)(C)c4cc([B])ccc4-5)c4oc5cccc(-c6nc(-c7ccccc7)nc(-c7ccccc7)n6)c5c4c3)ccc1-2. The van der Waals surface area contributed by atoms with Crippen LogP contribution in [0.15, 0.2) is 168 Å². The third kappa shape index (κ3) is 5.74. The van der Waals surface area contributed by atoms with E-state index in [1.54, 1.807) is 0 Å². The van der Waals surface area contributed by atoms with Crippen LogP contribution in [0.25, 0.3) is 101 Å². The molecule has 0 saturated carbocycles. The van der Waals surface area contributed by atoms with Crippen molar-refractivity contribution in [2.75, 3.05) is 0 Å². The van der Waals surface area contributed by atoms with Crippen molar-refractivity contribution in [1.82, 2.24) is 15.0 Å². The van der Waals surface area contributed by atoms with Crippen molar-refractivity contribution < 1.29 is 4.42 Å². The highest BCUT2D eigenvalue weighted by atomic mass is 16.3. The molecule has 0 atom stereocenters. The molecule has 2 heterocycles. The Morgan fingerprint density at radius 3 is 1.44 bits per heavy atom. The quantitative estimate of drug-likeness (QED) is 0.163. The second kappa shape index (κ2) is 13.6. The van der Waals surface area contributed by atoms with Gasteiger partial charge in [-0.1, -0.05) is 172 Å². The lowest BCUT2D eigenvalue weighted by atomic mass is 9.79. The van der Waals surface area contributed by atoms with Gasteiger partial charge in [0.15, 0.2) is 17.5 Å². The van der Waals surface area contributed by atoms with E-state index in [9.17, 15) is 0 Å². The van der Waals surface area contributed by atoms with Crippen LogP contribution in [-0.2, 0) is 10.8 Å². The maximum atomic E-state index is 7.03. The summed E-state index contributed by atoms with van der Waals surface area (Å²) in [4.78, 5) is 15.4. The maximum Gasteiger partial charge on any atom is 0.164 e. The van der Waals surface area contributed by atoms with Gasteiger partial charge in [0.1, 0.15) is 26.9 Å². The van der Waals surface area contributed by atoms with Crippen LogP contribution in [0, 0.1) is 0 Å². The third-order valence-corrected chi connectivity index (χ3v) is 13.6. The van der Waals surface area contributed by atoms with Gasteiger partial charge in [-0.15, -0.1) is 0 Å². The van der Waals surface area contributed by atoms with Crippen LogP contribution >= 0.6 is 0 Å². The topological polar surface area (TPSA) is 51.8 Å². The van der Waals surface area contributed by atoms with Crippen molar-refractivity contribution in [3.8, 4) is 78.7 Å². The summed E-state index contributed by atoms with van der Waals surface area (Å²) in [5.74, 6) is 1.80. The molecule has 0 spiro atoms. The van der Waals surface area contributed by atoms with E-state index in [2.05, 4.69) is 107 Å². The van der Waals surface area contributed by atoms with Crippen LogP contribution in [0.3, 0.4) is 0 Å². The van der Waals surface area contributed by atoms with Crippen molar-refractivity contribution in [2.45, 2.75) is 38.5 Å². The fourth-order valence-corrected chi connectivity index (χ4v) is 10.3. The lowest BCUT2D eigenvalue weighted by Crippen LogP contribution is -2.17. The predicted molar refractivity (Wildman–Crippen MR) is 260 cm³/mol. The van der Waals surface area contributed by atoms with Crippen LogP contribution in [0.1, 0.15) is 49.9 Å². The molecule has 2 aromatic heterocycles. The van der Waals surface area contributed by atoms with E-state index >= 15 is 0 Å². The van der Waals surface area contributed by atoms with E-state index < -0.39 is 0 Å². The van der Waals surface area contributed by atoms with E-state index in [1.807, 2.05) is 84.9 Å². The zero-order chi connectivity index (χ0) is 42.8. The molecule has 0 saturated heterocycles. The molecule has 0 bridgehead atoms. The average molecular weight is 804 g/mol. The number of hydrogen-bond acceptors (Lipinski definition) is 4. The first-order valence-corrected chi connectivity index (χ1v) is 21.5. The van der Waals surface area contributed by atoms with Gasteiger partial charge in [0.25, 0.3) is 0 Å². The Hall–Kier alpha value is -7.30. The number of aromatic nitrogens is 3. The maximum absolute atomic E-state index is 7.03. The minimum absolute atomic E-state index is 0.228. The van der Waals surface area contributed by atoms with E-state index in [4.69, 9.17) is 35.1 Å². The molecule has 0 unspecified atom stereocenters. The fraction of sp³-hybridized carbons (Fsp3) is 0.105. The monoisotopic (exact) mass is 803 g/mol. The van der Waals surface area contributed by atoms with Crippen LogP contribution in [0.2, 0.25) is 0 Å². The van der Waals surface area contributed by atoms with Crippen molar-refractivity contribution in [3.63, 3.8) is 0 Å². The van der Waals surface area contributed by atoms with Gasteiger partial charge in [0.05, 0.1) is 0 Å². The summed E-state index contributed by atoms with van der Waals surface area (Å²) in [5.41, 5.74) is 19.7. The Morgan fingerprint density at radius 1 is 0.381 bits per heavy atom. The molecule has 12 rings (SSSR count). The molecule has 4 nitrogen and oxygen atoms in total. The number of rotatable bonds is 5. The van der Waals surface area contributed by atoms with Crippen LogP contribution < -0.4 is 10.9 Å². The van der Waals surface area contributed by atoms with Crippen molar-refractivity contribution >= 4 is 48.6 Å². The minimum atomic E-state index is -0.247. The van der Waals surface area contributed by atoms with Gasteiger partial charge >= 0.3 is 0 Å². The number of furan rings is 1. The Bertz CT molecular complexity index is 3480. The largest absolute Gasteiger partial charge is 0.455 e. The molecule has 0 aliphatic heterocycles. The molecule has 0 amide bonds. The molecule has 63 heavy (non-hydrogen) atoms. The Kier molecular flexibility index (Phi) is 8.09. The van der Waals surface area contributed by atoms with Gasteiger partial charge in [-0.3, -0.25) is 0 Å². The molecule has 4 radical (unpaired) electrons. The first-order chi connectivity index (χ1) is 30.5. The smallest absolute Gasteiger partial charge is 0.164 e. The molecule has 6 heteroatoms. The first-order valence-electron chi connectivity index (χ1n) is 21.5. The highest BCUT2D eigenvalue weighted by Gasteiger charge is 2.37. The molecule has 2 aliphatic carbocycles. The van der Waals surface area contributed by atoms with Crippen LogP contribution in [-0.4, -0.2) is 30.6 Å². The number of fused-ring (bicyclic) bond motifs is 9. The summed E-state index contributed by atoms with van der Waals surface area (Å²) >= 11 is 0. The molecular weight excluding hydrogens is 764 g/mol. The summed E-state index contributed by atoms with van der Waals surface area (Å²) in [6.45, 7) is 9.18. The zero-order valence-electron chi connectivity index (χ0n) is 35.5. The predicted octanol–water partition coefficient (Wildman–Crippen LogP) is 12.3. The van der Waals surface area contributed by atoms with Gasteiger partial charge in [0, 0.05) is 43.9 Å².